The van der Waals surface area contributed by atoms with Crippen LogP contribution in [-0.4, -0.2) is 95.7 Å². The van der Waals surface area contributed by atoms with E-state index in [1.807, 2.05) is 0 Å². The Morgan fingerprint density at radius 2 is 1.65 bits per heavy atom. The van der Waals surface area contributed by atoms with Crippen LogP contribution >= 0.6 is 0 Å². The van der Waals surface area contributed by atoms with Crippen molar-refractivity contribution in [1.29, 1.82) is 0 Å². The summed E-state index contributed by atoms with van der Waals surface area (Å²) in [4.78, 5) is 72.8. The van der Waals surface area contributed by atoms with Gasteiger partial charge in [-0.05, 0) is 6.92 Å². The van der Waals surface area contributed by atoms with E-state index in [2.05, 4.69) is 5.32 Å². The highest BCUT2D eigenvalue weighted by molar-refractivity contribution is 5.83. The molecule has 14 heteroatoms. The molecule has 2 fully saturated rings. The van der Waals surface area contributed by atoms with Crippen molar-refractivity contribution in [2.75, 3.05) is 13.2 Å². The van der Waals surface area contributed by atoms with Gasteiger partial charge in [0.05, 0.1) is 12.6 Å². The average Bonchev–Trinajstić information content (AvgIpc) is 2.74. The maximum absolute atomic E-state index is 13.1. The molecule has 0 aromatic heterocycles. The number of ether oxygens (including phenoxy) is 6. The fourth-order valence-corrected chi connectivity index (χ4v) is 4.50. The zero-order chi connectivity index (χ0) is 28.1. The predicted molar refractivity (Wildman–Crippen MR) is 119 cm³/mol. The van der Waals surface area contributed by atoms with Crippen LogP contribution in [-0.2, 0) is 57.2 Å². The molecule has 2 aliphatic heterocycles. The molecule has 0 aromatic carbocycles. The van der Waals surface area contributed by atoms with Crippen LogP contribution < -0.4 is 5.32 Å². The lowest BCUT2D eigenvalue weighted by Gasteiger charge is -2.54. The number of carbonyl (C=O) groups is 6. The van der Waals surface area contributed by atoms with Crippen LogP contribution in [0.3, 0.4) is 0 Å². The first kappa shape index (κ1) is 30.0. The molecule has 0 aromatic rings. The molecule has 7 atom stereocenters. The second kappa shape index (κ2) is 11.9. The Kier molecular flexibility index (Phi) is 9.60. The van der Waals surface area contributed by atoms with Crippen molar-refractivity contribution >= 4 is 35.8 Å². The zero-order valence-corrected chi connectivity index (χ0v) is 21.6. The average molecular weight is 532 g/mol. The third-order valence-electron chi connectivity index (χ3n) is 6.05. The van der Waals surface area contributed by atoms with Crippen LogP contribution in [0.2, 0.25) is 0 Å². The van der Waals surface area contributed by atoms with E-state index in [1.54, 1.807) is 0 Å². The minimum atomic E-state index is -2.13. The normalized spacial score (nSPS) is 30.8. The molecule has 37 heavy (non-hydrogen) atoms. The molecule has 14 nitrogen and oxygen atoms in total. The highest BCUT2D eigenvalue weighted by Crippen LogP contribution is 2.45. The van der Waals surface area contributed by atoms with Crippen molar-refractivity contribution in [2.45, 2.75) is 96.0 Å². The van der Waals surface area contributed by atoms with Crippen LogP contribution in [0.25, 0.3) is 0 Å². The number of nitrogens with one attached hydrogen (secondary N) is 1. The molecule has 0 radical (unpaired) electrons. The number of aliphatic hydroxyl groups is 1. The lowest BCUT2D eigenvalue weighted by molar-refractivity contribution is -0.290. The zero-order valence-electron chi connectivity index (χ0n) is 21.6. The summed E-state index contributed by atoms with van der Waals surface area (Å²) in [6.45, 7) is 6.10. The molecule has 2 saturated heterocycles. The van der Waals surface area contributed by atoms with Crippen molar-refractivity contribution in [3.05, 3.63) is 0 Å². The Morgan fingerprint density at radius 1 is 1.03 bits per heavy atom. The smallest absolute Gasteiger partial charge is 0.341 e. The van der Waals surface area contributed by atoms with E-state index < -0.39 is 90.4 Å². The lowest BCUT2D eigenvalue weighted by Crippen LogP contribution is -2.74. The summed E-state index contributed by atoms with van der Waals surface area (Å²) in [5.41, 5.74) is -3.99. The van der Waals surface area contributed by atoms with Crippen molar-refractivity contribution in [1.82, 2.24) is 5.32 Å². The molecule has 1 spiro atoms. The van der Waals surface area contributed by atoms with Crippen LogP contribution in [0.1, 0.15) is 54.4 Å². The number of cyclic esters (lactones) is 1. The first-order valence-electron chi connectivity index (χ1n) is 11.6. The van der Waals surface area contributed by atoms with Gasteiger partial charge in [-0.3, -0.25) is 24.0 Å². The molecule has 1 amide bonds. The second-order valence-corrected chi connectivity index (χ2v) is 9.17. The lowest BCUT2D eigenvalue weighted by atomic mass is 9.72. The maximum Gasteiger partial charge on any atom is 0.341 e. The van der Waals surface area contributed by atoms with Crippen molar-refractivity contribution in [3.63, 3.8) is 0 Å². The van der Waals surface area contributed by atoms with Crippen molar-refractivity contribution in [3.8, 4) is 0 Å². The van der Waals surface area contributed by atoms with Crippen LogP contribution in [0.5, 0.6) is 0 Å². The molecule has 2 rings (SSSR count). The van der Waals surface area contributed by atoms with E-state index in [0.717, 1.165) is 27.7 Å². The number of amides is 1. The van der Waals surface area contributed by atoms with Crippen LogP contribution in [0.15, 0.2) is 0 Å². The standard InChI is InChI=1S/C23H33NO13/c1-11(25)24-18-16(34-13(3)27)9-23(21(30)32-8-7-22(23,6)31)37-20(18)19(36-15(5)29)17(35-14(4)28)10-33-12(2)26/h16-20,31H,7-10H2,1-6H3,(H,24,25)/t16-,17-,18-,19-,20?,22?,23-/m1/s1. The van der Waals surface area contributed by atoms with E-state index in [9.17, 15) is 33.9 Å². The quantitative estimate of drug-likeness (QED) is 0.289. The summed E-state index contributed by atoms with van der Waals surface area (Å²) in [7, 11) is 0. The molecule has 0 aliphatic carbocycles. The van der Waals surface area contributed by atoms with Crippen molar-refractivity contribution in [2.24, 2.45) is 0 Å². The van der Waals surface area contributed by atoms with Gasteiger partial charge in [-0.1, -0.05) is 0 Å². The first-order valence-corrected chi connectivity index (χ1v) is 11.6. The van der Waals surface area contributed by atoms with Gasteiger partial charge in [0, 0.05) is 47.5 Å². The summed E-state index contributed by atoms with van der Waals surface area (Å²) in [6.07, 6.45) is -6.43. The number of hydrogen-bond acceptors (Lipinski definition) is 13. The largest absolute Gasteiger partial charge is 0.463 e. The van der Waals surface area contributed by atoms with Gasteiger partial charge >= 0.3 is 29.8 Å². The summed E-state index contributed by atoms with van der Waals surface area (Å²) in [5, 5.41) is 13.8. The monoisotopic (exact) mass is 531 g/mol. The number of esters is 5. The second-order valence-electron chi connectivity index (χ2n) is 9.17. The van der Waals surface area contributed by atoms with Gasteiger partial charge < -0.3 is 38.8 Å². The van der Waals surface area contributed by atoms with Gasteiger partial charge in [-0.25, -0.2) is 4.79 Å². The molecular weight excluding hydrogens is 498 g/mol. The molecule has 2 unspecified atom stereocenters. The van der Waals surface area contributed by atoms with Gasteiger partial charge in [0.15, 0.2) is 17.8 Å². The summed E-state index contributed by atoms with van der Waals surface area (Å²) >= 11 is 0. The Hall–Kier alpha value is -3.26. The van der Waals surface area contributed by atoms with Gasteiger partial charge in [-0.15, -0.1) is 0 Å². The predicted octanol–water partition coefficient (Wildman–Crippen LogP) is -0.925. The summed E-state index contributed by atoms with van der Waals surface area (Å²) < 4.78 is 32.5. The Labute approximate surface area is 213 Å². The number of hydrogen-bond donors (Lipinski definition) is 2. The van der Waals surface area contributed by atoms with Gasteiger partial charge in [0.1, 0.15) is 24.4 Å². The maximum atomic E-state index is 13.1. The van der Waals surface area contributed by atoms with Gasteiger partial charge in [-0.2, -0.15) is 0 Å². The molecule has 2 heterocycles. The van der Waals surface area contributed by atoms with Crippen molar-refractivity contribution < 1.29 is 62.3 Å². The molecule has 2 N–H and O–H groups in total. The van der Waals surface area contributed by atoms with Gasteiger partial charge in [0.25, 0.3) is 0 Å². The number of rotatable bonds is 8. The van der Waals surface area contributed by atoms with Crippen LogP contribution in [0.4, 0.5) is 0 Å². The van der Waals surface area contributed by atoms with E-state index in [-0.39, 0.29) is 13.0 Å². The molecule has 0 saturated carbocycles. The fourth-order valence-electron chi connectivity index (χ4n) is 4.50. The third kappa shape index (κ3) is 7.16. The van der Waals surface area contributed by atoms with E-state index in [1.165, 1.54) is 13.8 Å². The third-order valence-corrected chi connectivity index (χ3v) is 6.05. The summed E-state index contributed by atoms with van der Waals surface area (Å²) in [6, 6.07) is -1.27. The summed E-state index contributed by atoms with van der Waals surface area (Å²) in [5.74, 6) is -4.81. The highest BCUT2D eigenvalue weighted by Gasteiger charge is 2.66. The molecule has 2 aliphatic rings. The minimum Gasteiger partial charge on any atom is -0.463 e. The molecule has 208 valence electrons. The first-order chi connectivity index (χ1) is 17.1. The van der Waals surface area contributed by atoms with E-state index in [4.69, 9.17) is 28.4 Å². The SMILES string of the molecule is CC(=O)N[C@H]1C([C@H](OC(C)=O)[C@@H](COC(C)=O)OC(C)=O)O[C@]2(C[C@H]1OC(C)=O)C(=O)OCCC2(C)O. The van der Waals surface area contributed by atoms with E-state index in [0.29, 0.717) is 0 Å². The Bertz CT molecular complexity index is 932. The minimum absolute atomic E-state index is 0.0535. The Morgan fingerprint density at radius 3 is 2.14 bits per heavy atom. The molecular formula is C23H33NO13. The number of carbonyl (C=O) groups excluding carboxylic acids is 6. The van der Waals surface area contributed by atoms with E-state index >= 15 is 0 Å². The topological polar surface area (TPSA) is 190 Å². The van der Waals surface area contributed by atoms with Crippen LogP contribution in [0, 0.1) is 0 Å². The fraction of sp³-hybridized carbons (Fsp3) is 0.739. The highest BCUT2D eigenvalue weighted by atomic mass is 16.6. The van der Waals surface area contributed by atoms with Gasteiger partial charge in [0.2, 0.25) is 5.91 Å². The molecule has 0 bridgehead atoms. The Balaban J connectivity index is 2.72.